The summed E-state index contributed by atoms with van der Waals surface area (Å²) in [5.74, 6) is 3.15. The molecule has 0 radical (unpaired) electrons. The highest BCUT2D eigenvalue weighted by Crippen LogP contribution is 2.61. The van der Waals surface area contributed by atoms with E-state index in [9.17, 15) is 0 Å². The minimum atomic E-state index is 0.706. The second-order valence-corrected chi connectivity index (χ2v) is 4.92. The second-order valence-electron chi connectivity index (χ2n) is 4.92. The molecule has 0 nitrogen and oxygen atoms in total. The normalized spacial score (nSPS) is 42.2. The van der Waals surface area contributed by atoms with Crippen LogP contribution in [0.25, 0.3) is 0 Å². The standard InChI is InChI=1S/C10H18.C2H6/c1-7-4-5-8-6-9(7)10(8,2)3;1-2/h7-9H,4-6H2,1-3H3;1-2H3/t7-,8+,9+;/m1./s1. The molecule has 2 bridgehead atoms. The Bertz CT molecular complexity index is 144. The van der Waals surface area contributed by atoms with Crippen LogP contribution in [0.5, 0.6) is 0 Å². The average Bonchev–Trinajstić information content (AvgIpc) is 2.07. The molecule has 0 spiro atoms. The van der Waals surface area contributed by atoms with Crippen LogP contribution in [0.15, 0.2) is 0 Å². The van der Waals surface area contributed by atoms with E-state index in [1.54, 1.807) is 0 Å². The van der Waals surface area contributed by atoms with Gasteiger partial charge in [0.25, 0.3) is 0 Å². The lowest BCUT2D eigenvalue weighted by atomic mass is 9.46. The summed E-state index contributed by atoms with van der Waals surface area (Å²) >= 11 is 0. The van der Waals surface area contributed by atoms with Gasteiger partial charge in [0, 0.05) is 0 Å². The van der Waals surface area contributed by atoms with Crippen molar-refractivity contribution in [3.05, 3.63) is 0 Å². The average molecular weight is 168 g/mol. The van der Waals surface area contributed by atoms with Crippen molar-refractivity contribution in [1.82, 2.24) is 0 Å². The lowest BCUT2D eigenvalue weighted by molar-refractivity contribution is -0.0988. The highest BCUT2D eigenvalue weighted by Gasteiger charge is 2.52. The van der Waals surface area contributed by atoms with Gasteiger partial charge in [-0.25, -0.2) is 0 Å². The Morgan fingerprint density at radius 3 is 1.92 bits per heavy atom. The van der Waals surface area contributed by atoms with Crippen LogP contribution in [0.3, 0.4) is 0 Å². The molecule has 0 aromatic carbocycles. The number of fused-ring (bicyclic) bond motifs is 2. The molecule has 0 amide bonds. The SMILES string of the molecule is CC.C[C@@H]1CC[C@H]2C[C@@H]1C2(C)C. The molecule has 0 aromatic heterocycles. The third-order valence-electron chi connectivity index (χ3n) is 4.20. The summed E-state index contributed by atoms with van der Waals surface area (Å²) < 4.78 is 0. The van der Waals surface area contributed by atoms with E-state index < -0.39 is 0 Å². The van der Waals surface area contributed by atoms with E-state index in [2.05, 4.69) is 20.8 Å². The number of hydrogen-bond donors (Lipinski definition) is 0. The Kier molecular flexibility index (Phi) is 2.85. The molecule has 0 heteroatoms. The molecule has 0 saturated heterocycles. The van der Waals surface area contributed by atoms with Crippen LogP contribution in [-0.4, -0.2) is 0 Å². The molecule has 3 atom stereocenters. The topological polar surface area (TPSA) is 0 Å². The van der Waals surface area contributed by atoms with Gasteiger partial charge in [-0.3, -0.25) is 0 Å². The molecule has 3 aliphatic carbocycles. The van der Waals surface area contributed by atoms with Crippen LogP contribution in [-0.2, 0) is 0 Å². The minimum Gasteiger partial charge on any atom is -0.0683 e. The van der Waals surface area contributed by atoms with Crippen LogP contribution in [0, 0.1) is 23.2 Å². The van der Waals surface area contributed by atoms with Gasteiger partial charge in [-0.15, -0.1) is 0 Å². The first-order valence-corrected chi connectivity index (χ1v) is 5.62. The maximum absolute atomic E-state index is 2.46. The van der Waals surface area contributed by atoms with E-state index in [-0.39, 0.29) is 0 Å². The summed E-state index contributed by atoms with van der Waals surface area (Å²) in [6.07, 6.45) is 4.54. The molecule has 72 valence electrons. The van der Waals surface area contributed by atoms with Gasteiger partial charge in [0.15, 0.2) is 0 Å². The zero-order chi connectivity index (χ0) is 9.35. The van der Waals surface area contributed by atoms with Crippen molar-refractivity contribution < 1.29 is 0 Å². The van der Waals surface area contributed by atoms with Crippen LogP contribution >= 0.6 is 0 Å². The van der Waals surface area contributed by atoms with Gasteiger partial charge in [0.1, 0.15) is 0 Å². The maximum atomic E-state index is 2.46. The fraction of sp³-hybridized carbons (Fsp3) is 1.00. The zero-order valence-corrected chi connectivity index (χ0v) is 9.35. The Balaban J connectivity index is 0.000000336. The zero-order valence-electron chi connectivity index (χ0n) is 9.35. The predicted octanol–water partition coefficient (Wildman–Crippen LogP) is 4.10. The molecular formula is C12H24. The molecule has 3 saturated carbocycles. The summed E-state index contributed by atoms with van der Waals surface area (Å²) in [5.41, 5.74) is 0.706. The molecule has 0 unspecified atom stereocenters. The largest absolute Gasteiger partial charge is 0.0683 e. The highest BCUT2D eigenvalue weighted by atomic mass is 14.6. The molecule has 0 N–H and O–H groups in total. The fourth-order valence-electron chi connectivity index (χ4n) is 3.18. The smallest absolute Gasteiger partial charge is 0.0295 e. The van der Waals surface area contributed by atoms with Crippen LogP contribution in [0.2, 0.25) is 0 Å². The first-order chi connectivity index (χ1) is 5.62. The van der Waals surface area contributed by atoms with E-state index in [0.29, 0.717) is 5.41 Å². The quantitative estimate of drug-likeness (QED) is 0.511. The van der Waals surface area contributed by atoms with E-state index in [1.165, 1.54) is 19.3 Å². The molecule has 0 aliphatic heterocycles. The summed E-state index contributed by atoms with van der Waals surface area (Å²) in [6, 6.07) is 0. The molecular weight excluding hydrogens is 144 g/mol. The predicted molar refractivity (Wildman–Crippen MR) is 55.1 cm³/mol. The van der Waals surface area contributed by atoms with Crippen molar-refractivity contribution in [1.29, 1.82) is 0 Å². The molecule has 3 rings (SSSR count). The lowest BCUT2D eigenvalue weighted by Gasteiger charge is -2.59. The third kappa shape index (κ3) is 1.30. The Hall–Kier alpha value is 0. The second kappa shape index (κ2) is 3.40. The first kappa shape index (κ1) is 10.1. The Morgan fingerprint density at radius 2 is 1.67 bits per heavy atom. The van der Waals surface area contributed by atoms with Gasteiger partial charge in [-0.1, -0.05) is 41.0 Å². The van der Waals surface area contributed by atoms with Crippen LogP contribution < -0.4 is 0 Å². The lowest BCUT2D eigenvalue weighted by Crippen LogP contribution is -2.51. The van der Waals surface area contributed by atoms with Gasteiger partial charge < -0.3 is 0 Å². The monoisotopic (exact) mass is 168 g/mol. The van der Waals surface area contributed by atoms with Crippen molar-refractivity contribution >= 4 is 0 Å². The Labute approximate surface area is 77.7 Å². The van der Waals surface area contributed by atoms with Crippen molar-refractivity contribution in [3.8, 4) is 0 Å². The molecule has 0 heterocycles. The van der Waals surface area contributed by atoms with Gasteiger partial charge >= 0.3 is 0 Å². The van der Waals surface area contributed by atoms with Gasteiger partial charge in [0.2, 0.25) is 0 Å². The van der Waals surface area contributed by atoms with Crippen molar-refractivity contribution in [3.63, 3.8) is 0 Å². The van der Waals surface area contributed by atoms with Crippen LogP contribution in [0.1, 0.15) is 53.9 Å². The summed E-state index contributed by atoms with van der Waals surface area (Å²) in [6.45, 7) is 11.4. The van der Waals surface area contributed by atoms with Gasteiger partial charge in [0.05, 0.1) is 0 Å². The van der Waals surface area contributed by atoms with E-state index in [4.69, 9.17) is 0 Å². The summed E-state index contributed by atoms with van der Waals surface area (Å²) in [7, 11) is 0. The summed E-state index contributed by atoms with van der Waals surface area (Å²) in [5, 5.41) is 0. The molecule has 3 aliphatic rings. The van der Waals surface area contributed by atoms with E-state index in [1.807, 2.05) is 13.8 Å². The number of hydrogen-bond acceptors (Lipinski definition) is 0. The van der Waals surface area contributed by atoms with E-state index >= 15 is 0 Å². The maximum Gasteiger partial charge on any atom is -0.0295 e. The third-order valence-corrected chi connectivity index (χ3v) is 4.20. The molecule has 0 aromatic rings. The minimum absolute atomic E-state index is 0.706. The van der Waals surface area contributed by atoms with Gasteiger partial charge in [-0.05, 0) is 36.0 Å². The van der Waals surface area contributed by atoms with E-state index in [0.717, 1.165) is 17.8 Å². The Morgan fingerprint density at radius 1 is 1.08 bits per heavy atom. The molecule has 3 fully saturated rings. The molecule has 12 heavy (non-hydrogen) atoms. The summed E-state index contributed by atoms with van der Waals surface area (Å²) in [4.78, 5) is 0. The highest BCUT2D eigenvalue weighted by molar-refractivity contribution is 5.01. The van der Waals surface area contributed by atoms with Crippen molar-refractivity contribution in [2.75, 3.05) is 0 Å². The first-order valence-electron chi connectivity index (χ1n) is 5.62. The fourth-order valence-corrected chi connectivity index (χ4v) is 3.18. The van der Waals surface area contributed by atoms with Gasteiger partial charge in [-0.2, -0.15) is 0 Å². The van der Waals surface area contributed by atoms with Crippen molar-refractivity contribution in [2.45, 2.75) is 53.9 Å². The van der Waals surface area contributed by atoms with Crippen LogP contribution in [0.4, 0.5) is 0 Å². The number of rotatable bonds is 0. The van der Waals surface area contributed by atoms with Crippen molar-refractivity contribution in [2.24, 2.45) is 23.2 Å².